The molecule has 5 nitrogen and oxygen atoms in total. The molecule has 0 aliphatic rings. The highest BCUT2D eigenvalue weighted by Gasteiger charge is 2.13. The van der Waals surface area contributed by atoms with Gasteiger partial charge in [0.25, 0.3) is 5.91 Å². The summed E-state index contributed by atoms with van der Waals surface area (Å²) in [5.74, 6) is -1.65. The zero-order valence-corrected chi connectivity index (χ0v) is 11.7. The summed E-state index contributed by atoms with van der Waals surface area (Å²) in [4.78, 5) is 23.1. The normalized spacial score (nSPS) is 9.68. The van der Waals surface area contributed by atoms with Crippen molar-refractivity contribution in [2.75, 3.05) is 10.6 Å². The average Bonchev–Trinajstić information content (AvgIpc) is 2.49. The van der Waals surface area contributed by atoms with Crippen LogP contribution in [0.4, 0.5) is 15.8 Å². The lowest BCUT2D eigenvalue weighted by Gasteiger charge is -2.08. The number of hydrogen-bond acceptors (Lipinski definition) is 3. The molecule has 6 heteroatoms. The van der Waals surface area contributed by atoms with E-state index < -0.39 is 11.7 Å². The van der Waals surface area contributed by atoms with E-state index in [1.54, 1.807) is 24.3 Å². The number of benzene rings is 2. The lowest BCUT2D eigenvalue weighted by Crippen LogP contribution is -2.15. The van der Waals surface area contributed by atoms with Crippen LogP contribution in [0, 0.1) is 17.1 Å². The van der Waals surface area contributed by atoms with Gasteiger partial charge in [0, 0.05) is 18.3 Å². The Labute approximate surface area is 126 Å². The Morgan fingerprint density at radius 3 is 2.27 bits per heavy atom. The average molecular weight is 297 g/mol. The van der Waals surface area contributed by atoms with Crippen LogP contribution in [0.25, 0.3) is 0 Å². The number of nitriles is 1. The standard InChI is InChI=1S/C16H12FN3O2/c1-10(21)19-13-6-7-15(17)14(8-13)16(22)20-12-4-2-11(9-18)3-5-12/h2-8H,1H3,(H,19,21)(H,20,22). The van der Waals surface area contributed by atoms with Gasteiger partial charge in [-0.05, 0) is 42.5 Å². The number of carbonyl (C=O) groups excluding carboxylic acids is 2. The maximum Gasteiger partial charge on any atom is 0.258 e. The number of amides is 2. The van der Waals surface area contributed by atoms with E-state index in [1.165, 1.54) is 19.1 Å². The highest BCUT2D eigenvalue weighted by Crippen LogP contribution is 2.17. The van der Waals surface area contributed by atoms with E-state index in [-0.39, 0.29) is 11.5 Å². The Kier molecular flexibility index (Phi) is 4.49. The molecule has 0 fully saturated rings. The van der Waals surface area contributed by atoms with Gasteiger partial charge in [0.05, 0.1) is 17.2 Å². The summed E-state index contributed by atoms with van der Waals surface area (Å²) in [5.41, 5.74) is 1.04. The van der Waals surface area contributed by atoms with Crippen LogP contribution in [-0.2, 0) is 4.79 Å². The van der Waals surface area contributed by atoms with Gasteiger partial charge < -0.3 is 10.6 Å². The summed E-state index contributed by atoms with van der Waals surface area (Å²) in [6, 6.07) is 11.9. The van der Waals surface area contributed by atoms with Crippen molar-refractivity contribution < 1.29 is 14.0 Å². The number of rotatable bonds is 3. The van der Waals surface area contributed by atoms with Gasteiger partial charge in [0.15, 0.2) is 0 Å². The topological polar surface area (TPSA) is 82.0 Å². The summed E-state index contributed by atoms with van der Waals surface area (Å²) >= 11 is 0. The summed E-state index contributed by atoms with van der Waals surface area (Å²) in [7, 11) is 0. The van der Waals surface area contributed by atoms with Crippen molar-refractivity contribution >= 4 is 23.2 Å². The van der Waals surface area contributed by atoms with Crippen LogP contribution in [0.2, 0.25) is 0 Å². The Morgan fingerprint density at radius 2 is 1.68 bits per heavy atom. The number of anilines is 2. The number of nitrogens with zero attached hydrogens (tertiary/aromatic N) is 1. The van der Waals surface area contributed by atoms with Crippen LogP contribution in [0.5, 0.6) is 0 Å². The second-order valence-corrected chi connectivity index (χ2v) is 4.52. The predicted octanol–water partition coefficient (Wildman–Crippen LogP) is 2.91. The third kappa shape index (κ3) is 3.67. The third-order valence-corrected chi connectivity index (χ3v) is 2.80. The Bertz CT molecular complexity index is 764. The molecule has 0 unspecified atom stereocenters. The van der Waals surface area contributed by atoms with Crippen LogP contribution in [0.3, 0.4) is 0 Å². The molecule has 0 saturated heterocycles. The zero-order chi connectivity index (χ0) is 16.1. The van der Waals surface area contributed by atoms with Crippen molar-refractivity contribution in [1.29, 1.82) is 5.26 Å². The van der Waals surface area contributed by atoms with Crippen molar-refractivity contribution in [1.82, 2.24) is 0 Å². The highest BCUT2D eigenvalue weighted by molar-refractivity contribution is 6.05. The fourth-order valence-electron chi connectivity index (χ4n) is 1.81. The molecule has 0 aliphatic carbocycles. The Morgan fingerprint density at radius 1 is 1.05 bits per heavy atom. The van der Waals surface area contributed by atoms with Crippen molar-refractivity contribution in [3.8, 4) is 6.07 Å². The fraction of sp³-hybridized carbons (Fsp3) is 0.0625. The Hall–Kier alpha value is -3.20. The van der Waals surface area contributed by atoms with Crippen LogP contribution in [0.15, 0.2) is 42.5 Å². The van der Waals surface area contributed by atoms with E-state index in [2.05, 4.69) is 10.6 Å². The van der Waals surface area contributed by atoms with Crippen molar-refractivity contribution in [2.45, 2.75) is 6.92 Å². The molecule has 0 heterocycles. The zero-order valence-electron chi connectivity index (χ0n) is 11.7. The minimum atomic E-state index is -0.694. The second kappa shape index (κ2) is 6.50. The van der Waals surface area contributed by atoms with Crippen molar-refractivity contribution in [2.24, 2.45) is 0 Å². The molecular formula is C16H12FN3O2. The summed E-state index contributed by atoms with van der Waals surface area (Å²) in [5, 5.41) is 13.7. The first-order chi connectivity index (χ1) is 10.5. The molecule has 0 aliphatic heterocycles. The van der Waals surface area contributed by atoms with Gasteiger partial charge in [-0.2, -0.15) is 5.26 Å². The molecule has 0 saturated carbocycles. The molecular weight excluding hydrogens is 285 g/mol. The lowest BCUT2D eigenvalue weighted by molar-refractivity contribution is -0.114. The first kappa shape index (κ1) is 15.2. The van der Waals surface area contributed by atoms with E-state index >= 15 is 0 Å². The molecule has 22 heavy (non-hydrogen) atoms. The van der Waals surface area contributed by atoms with Gasteiger partial charge in [-0.25, -0.2) is 4.39 Å². The van der Waals surface area contributed by atoms with Crippen LogP contribution < -0.4 is 10.6 Å². The SMILES string of the molecule is CC(=O)Nc1ccc(F)c(C(=O)Nc2ccc(C#N)cc2)c1. The van der Waals surface area contributed by atoms with Crippen molar-refractivity contribution in [3.63, 3.8) is 0 Å². The van der Waals surface area contributed by atoms with Crippen molar-refractivity contribution in [3.05, 3.63) is 59.4 Å². The summed E-state index contributed by atoms with van der Waals surface area (Å²) in [6.45, 7) is 1.32. The maximum atomic E-state index is 13.8. The first-order valence-corrected chi connectivity index (χ1v) is 6.38. The van der Waals surface area contributed by atoms with E-state index in [4.69, 9.17) is 5.26 Å². The maximum absolute atomic E-state index is 13.8. The first-order valence-electron chi connectivity index (χ1n) is 6.38. The predicted molar refractivity (Wildman–Crippen MR) is 79.8 cm³/mol. The molecule has 0 spiro atoms. The molecule has 110 valence electrons. The molecule has 2 aromatic rings. The molecule has 2 N–H and O–H groups in total. The molecule has 0 radical (unpaired) electrons. The van der Waals surface area contributed by atoms with E-state index in [0.717, 1.165) is 6.07 Å². The van der Waals surface area contributed by atoms with Gasteiger partial charge in [0.2, 0.25) is 5.91 Å². The molecule has 2 aromatic carbocycles. The van der Waals surface area contributed by atoms with E-state index in [1.807, 2.05) is 6.07 Å². The largest absolute Gasteiger partial charge is 0.326 e. The number of carbonyl (C=O) groups is 2. The van der Waals surface area contributed by atoms with Gasteiger partial charge >= 0.3 is 0 Å². The van der Waals surface area contributed by atoms with Gasteiger partial charge in [-0.1, -0.05) is 0 Å². The minimum Gasteiger partial charge on any atom is -0.326 e. The van der Waals surface area contributed by atoms with E-state index in [0.29, 0.717) is 16.9 Å². The molecule has 2 rings (SSSR count). The molecule has 0 atom stereocenters. The molecule has 0 bridgehead atoms. The minimum absolute atomic E-state index is 0.185. The number of halogens is 1. The lowest BCUT2D eigenvalue weighted by atomic mass is 10.1. The van der Waals surface area contributed by atoms with Crippen LogP contribution in [0.1, 0.15) is 22.8 Å². The fourth-order valence-corrected chi connectivity index (χ4v) is 1.81. The highest BCUT2D eigenvalue weighted by atomic mass is 19.1. The van der Waals surface area contributed by atoms with Gasteiger partial charge in [-0.15, -0.1) is 0 Å². The summed E-state index contributed by atoms with van der Waals surface area (Å²) < 4.78 is 13.8. The monoisotopic (exact) mass is 297 g/mol. The quantitative estimate of drug-likeness (QED) is 0.913. The second-order valence-electron chi connectivity index (χ2n) is 4.52. The van der Waals surface area contributed by atoms with Crippen LogP contribution >= 0.6 is 0 Å². The van der Waals surface area contributed by atoms with Gasteiger partial charge in [-0.3, -0.25) is 9.59 Å². The Balaban J connectivity index is 2.21. The van der Waals surface area contributed by atoms with Crippen LogP contribution in [-0.4, -0.2) is 11.8 Å². The van der Waals surface area contributed by atoms with E-state index in [9.17, 15) is 14.0 Å². The third-order valence-electron chi connectivity index (χ3n) is 2.80. The number of nitrogens with one attached hydrogen (secondary N) is 2. The number of hydrogen-bond donors (Lipinski definition) is 2. The molecule has 0 aromatic heterocycles. The molecule has 2 amide bonds. The van der Waals surface area contributed by atoms with Gasteiger partial charge in [0.1, 0.15) is 5.82 Å². The smallest absolute Gasteiger partial charge is 0.258 e. The summed E-state index contributed by atoms with van der Waals surface area (Å²) in [6.07, 6.45) is 0.